The summed E-state index contributed by atoms with van der Waals surface area (Å²) in [7, 11) is 0. The lowest BCUT2D eigenvalue weighted by molar-refractivity contribution is 0.0995. The minimum atomic E-state index is -0.544. The summed E-state index contributed by atoms with van der Waals surface area (Å²) in [6.45, 7) is 0. The Morgan fingerprint density at radius 1 is 1.40 bits per heavy atom. The molecule has 1 amide bonds. The first kappa shape index (κ1) is 12.7. The highest BCUT2D eigenvalue weighted by atomic mass is 16.1. The lowest BCUT2D eigenvalue weighted by Gasteiger charge is -2.04. The van der Waals surface area contributed by atoms with E-state index in [1.54, 1.807) is 18.2 Å². The second-order valence-electron chi connectivity index (χ2n) is 4.90. The fraction of sp³-hybridized carbons (Fsp3) is 0.286. The number of nitrogens with zero attached hydrogens (tertiary/aromatic N) is 2. The Bertz CT molecular complexity index is 616. The molecule has 1 atom stereocenters. The van der Waals surface area contributed by atoms with Crippen molar-refractivity contribution in [3.63, 3.8) is 0 Å². The van der Waals surface area contributed by atoms with Gasteiger partial charge >= 0.3 is 0 Å². The lowest BCUT2D eigenvalue weighted by Crippen LogP contribution is -2.13. The van der Waals surface area contributed by atoms with Crippen LogP contribution in [0.4, 0.5) is 11.6 Å². The molecule has 2 aromatic rings. The molecule has 2 heterocycles. The number of rotatable bonds is 4. The number of H-pyrrole nitrogens is 1. The number of amides is 1. The Kier molecular flexibility index (Phi) is 3.37. The Labute approximate surface area is 116 Å². The second-order valence-corrected chi connectivity index (χ2v) is 4.90. The second kappa shape index (κ2) is 5.32. The zero-order valence-electron chi connectivity index (χ0n) is 11.0. The molecule has 1 saturated carbocycles. The van der Waals surface area contributed by atoms with Gasteiger partial charge in [-0.15, -0.1) is 0 Å². The van der Waals surface area contributed by atoms with Crippen LogP contribution in [-0.2, 0) is 0 Å². The number of anilines is 2. The average molecular weight is 270 g/mol. The summed E-state index contributed by atoms with van der Waals surface area (Å²) in [4.78, 5) is 15.2. The molecule has 0 aliphatic heterocycles. The number of nitrogens with two attached hydrogens (primary N) is 1. The highest BCUT2D eigenvalue weighted by molar-refractivity contribution is 5.91. The maximum atomic E-state index is 11.1. The number of nitrogens with one attached hydrogen (secondary N) is 2. The van der Waals surface area contributed by atoms with Gasteiger partial charge < -0.3 is 11.1 Å². The van der Waals surface area contributed by atoms with Crippen molar-refractivity contribution in [3.05, 3.63) is 42.1 Å². The first-order valence-electron chi connectivity index (χ1n) is 6.63. The van der Waals surface area contributed by atoms with E-state index in [9.17, 15) is 4.79 Å². The van der Waals surface area contributed by atoms with E-state index in [2.05, 4.69) is 26.9 Å². The number of pyridine rings is 1. The minimum Gasteiger partial charge on any atom is -0.364 e. The average Bonchev–Trinajstić information content (AvgIpc) is 3.09. The topological polar surface area (TPSA) is 96.7 Å². The zero-order valence-corrected chi connectivity index (χ0v) is 11.0. The summed E-state index contributed by atoms with van der Waals surface area (Å²) in [5, 5.41) is 10.3. The molecule has 4 N–H and O–H groups in total. The van der Waals surface area contributed by atoms with Crippen LogP contribution in [0.5, 0.6) is 0 Å². The van der Waals surface area contributed by atoms with Gasteiger partial charge in [0.1, 0.15) is 11.5 Å². The molecule has 20 heavy (non-hydrogen) atoms. The van der Waals surface area contributed by atoms with E-state index >= 15 is 0 Å². The van der Waals surface area contributed by atoms with E-state index in [4.69, 9.17) is 5.73 Å². The predicted molar refractivity (Wildman–Crippen MR) is 75.5 cm³/mol. The van der Waals surface area contributed by atoms with Gasteiger partial charge in [-0.3, -0.25) is 9.89 Å². The molecular weight excluding hydrogens is 254 g/mol. The van der Waals surface area contributed by atoms with Gasteiger partial charge in [-0.1, -0.05) is 6.07 Å². The number of carbonyl (C=O) groups is 1. The van der Waals surface area contributed by atoms with Crippen LogP contribution in [0.1, 0.15) is 41.4 Å². The van der Waals surface area contributed by atoms with Crippen LogP contribution >= 0.6 is 0 Å². The van der Waals surface area contributed by atoms with Crippen molar-refractivity contribution in [1.82, 2.24) is 15.2 Å². The van der Waals surface area contributed by atoms with Gasteiger partial charge in [-0.2, -0.15) is 5.10 Å². The van der Waals surface area contributed by atoms with Crippen LogP contribution in [0.15, 0.2) is 24.3 Å². The van der Waals surface area contributed by atoms with E-state index in [-0.39, 0.29) is 5.69 Å². The highest BCUT2D eigenvalue weighted by Crippen LogP contribution is 2.33. The molecule has 2 aromatic heterocycles. The Morgan fingerprint density at radius 2 is 2.30 bits per heavy atom. The normalized spacial score (nSPS) is 15.4. The molecule has 1 radical (unpaired) electrons. The fourth-order valence-corrected chi connectivity index (χ4v) is 2.42. The molecule has 3 rings (SSSR count). The smallest absolute Gasteiger partial charge is 0.267 e. The first-order chi connectivity index (χ1) is 9.72. The third-order valence-electron chi connectivity index (χ3n) is 3.47. The maximum absolute atomic E-state index is 11.1. The largest absolute Gasteiger partial charge is 0.364 e. The van der Waals surface area contributed by atoms with Crippen LogP contribution in [0.25, 0.3) is 0 Å². The van der Waals surface area contributed by atoms with Gasteiger partial charge in [-0.05, 0) is 37.8 Å². The molecular formula is C14H16N5O. The summed E-state index contributed by atoms with van der Waals surface area (Å²) in [5.74, 6) is 1.24. The number of primary amides is 1. The van der Waals surface area contributed by atoms with Gasteiger partial charge in [0.25, 0.3) is 5.91 Å². The van der Waals surface area contributed by atoms with Crippen molar-refractivity contribution in [2.24, 2.45) is 5.73 Å². The van der Waals surface area contributed by atoms with Crippen molar-refractivity contribution >= 4 is 17.5 Å². The van der Waals surface area contributed by atoms with E-state index in [1.807, 2.05) is 6.07 Å². The number of carbonyl (C=O) groups excluding carboxylic acids is 1. The summed E-state index contributed by atoms with van der Waals surface area (Å²) < 4.78 is 0. The summed E-state index contributed by atoms with van der Waals surface area (Å²) in [6.07, 6.45) is 5.72. The van der Waals surface area contributed by atoms with Crippen LogP contribution in [-0.4, -0.2) is 21.1 Å². The van der Waals surface area contributed by atoms with Crippen LogP contribution < -0.4 is 11.1 Å². The van der Waals surface area contributed by atoms with Gasteiger partial charge in [0.05, 0.1) is 0 Å². The number of aromatic nitrogens is 3. The predicted octanol–water partition coefficient (Wildman–Crippen LogP) is 2.12. The molecule has 6 heteroatoms. The van der Waals surface area contributed by atoms with E-state index in [1.165, 1.54) is 0 Å². The van der Waals surface area contributed by atoms with Gasteiger partial charge in [0.2, 0.25) is 0 Å². The monoisotopic (exact) mass is 270 g/mol. The van der Waals surface area contributed by atoms with Crippen molar-refractivity contribution in [1.29, 1.82) is 0 Å². The number of aromatic amines is 1. The van der Waals surface area contributed by atoms with E-state index in [0.29, 0.717) is 17.6 Å². The molecule has 1 fully saturated rings. The molecule has 6 nitrogen and oxygen atoms in total. The first-order valence-corrected chi connectivity index (χ1v) is 6.63. The summed E-state index contributed by atoms with van der Waals surface area (Å²) >= 11 is 0. The molecule has 0 unspecified atom stereocenters. The lowest BCUT2D eigenvalue weighted by atomic mass is 10.0. The van der Waals surface area contributed by atoms with E-state index < -0.39 is 5.91 Å². The van der Waals surface area contributed by atoms with Crippen LogP contribution in [0.3, 0.4) is 0 Å². The Hall–Kier alpha value is -2.37. The maximum Gasteiger partial charge on any atom is 0.267 e. The Balaban J connectivity index is 1.74. The highest BCUT2D eigenvalue weighted by Gasteiger charge is 2.19. The van der Waals surface area contributed by atoms with E-state index in [0.717, 1.165) is 25.0 Å². The fourth-order valence-electron chi connectivity index (χ4n) is 2.42. The SMILES string of the molecule is NC(=O)c1cccc(Nc2cc([C@H]3C[CH]CC3)[nH]n2)n1. The Morgan fingerprint density at radius 3 is 3.05 bits per heavy atom. The third kappa shape index (κ3) is 2.64. The summed E-state index contributed by atoms with van der Waals surface area (Å²) in [5.41, 5.74) is 6.57. The quantitative estimate of drug-likeness (QED) is 0.792. The standard InChI is InChI=1S/C14H16N5O/c15-14(20)10-6-3-7-12(16-10)17-13-8-11(18-19-13)9-4-1-2-5-9/h1,3,6-9H,2,4-5H2,(H2,15,20)(H2,16,17,18,19)/t9-/m0/s1. The van der Waals surface area contributed by atoms with Gasteiger partial charge in [0.15, 0.2) is 5.82 Å². The molecule has 1 aliphatic carbocycles. The zero-order chi connectivity index (χ0) is 13.9. The molecule has 0 bridgehead atoms. The van der Waals surface area contributed by atoms with Crippen LogP contribution in [0.2, 0.25) is 0 Å². The molecule has 0 spiro atoms. The van der Waals surface area contributed by atoms with Gasteiger partial charge in [-0.25, -0.2) is 4.98 Å². The van der Waals surface area contributed by atoms with Crippen LogP contribution in [0, 0.1) is 6.42 Å². The third-order valence-corrected chi connectivity index (χ3v) is 3.47. The van der Waals surface area contributed by atoms with Gasteiger partial charge in [0, 0.05) is 17.7 Å². The van der Waals surface area contributed by atoms with Crippen molar-refractivity contribution in [3.8, 4) is 0 Å². The van der Waals surface area contributed by atoms with Crippen molar-refractivity contribution in [2.45, 2.75) is 25.2 Å². The molecule has 0 saturated heterocycles. The molecule has 1 aliphatic rings. The number of hydrogen-bond donors (Lipinski definition) is 3. The van der Waals surface area contributed by atoms with Crippen molar-refractivity contribution in [2.75, 3.05) is 5.32 Å². The number of hydrogen-bond acceptors (Lipinski definition) is 4. The molecule has 103 valence electrons. The molecule has 0 aromatic carbocycles. The summed E-state index contributed by atoms with van der Waals surface area (Å²) in [6, 6.07) is 7.07. The van der Waals surface area contributed by atoms with Crippen molar-refractivity contribution < 1.29 is 4.79 Å². The minimum absolute atomic E-state index is 0.233.